The number of carbonyl (C=O) groups excluding carboxylic acids is 2. The molecule has 2 aromatic rings. The normalized spacial score (nSPS) is 12.3. The lowest BCUT2D eigenvalue weighted by Gasteiger charge is -2.18. The summed E-state index contributed by atoms with van der Waals surface area (Å²) >= 11 is 11.8. The molecule has 2 aromatic carbocycles. The maximum atomic E-state index is 12.5. The van der Waals surface area contributed by atoms with Crippen molar-refractivity contribution in [2.45, 2.75) is 24.8 Å². The summed E-state index contributed by atoms with van der Waals surface area (Å²) in [7, 11) is -2.58. The number of aryl methyl sites for hydroxylation is 1. The molecule has 0 bridgehead atoms. The van der Waals surface area contributed by atoms with Crippen molar-refractivity contribution in [2.24, 2.45) is 0 Å². The summed E-state index contributed by atoms with van der Waals surface area (Å²) in [5, 5.41) is 0.649. The van der Waals surface area contributed by atoms with Crippen molar-refractivity contribution in [2.75, 3.05) is 13.6 Å². The van der Waals surface area contributed by atoms with Gasteiger partial charge in [0.1, 0.15) is 5.75 Å². The first-order valence-corrected chi connectivity index (χ1v) is 10.9. The van der Waals surface area contributed by atoms with Crippen LogP contribution < -0.4 is 15.6 Å². The highest BCUT2D eigenvalue weighted by Crippen LogP contribution is 2.28. The number of hydrogen-bond acceptors (Lipinski definition) is 5. The Kier molecular flexibility index (Phi) is 8.08. The Morgan fingerprint density at radius 1 is 1.10 bits per heavy atom. The average molecular weight is 474 g/mol. The van der Waals surface area contributed by atoms with Gasteiger partial charge in [0.15, 0.2) is 6.10 Å². The quantitative estimate of drug-likeness (QED) is 0.601. The van der Waals surface area contributed by atoms with Crippen molar-refractivity contribution in [3.8, 4) is 5.75 Å². The Morgan fingerprint density at radius 2 is 1.73 bits per heavy atom. The van der Waals surface area contributed by atoms with Gasteiger partial charge >= 0.3 is 0 Å². The van der Waals surface area contributed by atoms with Gasteiger partial charge in [0, 0.05) is 12.1 Å². The van der Waals surface area contributed by atoms with Gasteiger partial charge < -0.3 is 4.74 Å². The predicted molar refractivity (Wildman–Crippen MR) is 114 cm³/mol. The monoisotopic (exact) mass is 473 g/mol. The van der Waals surface area contributed by atoms with E-state index in [0.29, 0.717) is 5.02 Å². The van der Waals surface area contributed by atoms with Crippen LogP contribution in [-0.4, -0.2) is 44.2 Å². The van der Waals surface area contributed by atoms with E-state index >= 15 is 0 Å². The van der Waals surface area contributed by atoms with Crippen molar-refractivity contribution in [1.82, 2.24) is 15.2 Å². The van der Waals surface area contributed by atoms with E-state index in [1.165, 1.54) is 38.2 Å². The standard InChI is InChI=1S/C19H21Cl2N3O5S/c1-12-4-7-15(8-5-12)30(27,28)24(3)11-18(25)22-23-19(26)13(2)29-17-9-6-14(20)10-16(17)21/h4-10,13H,11H2,1-3H3,(H,22,25)(H,23,26). The molecule has 0 aliphatic rings. The van der Waals surface area contributed by atoms with E-state index in [-0.39, 0.29) is 15.7 Å². The molecule has 8 nitrogen and oxygen atoms in total. The SMILES string of the molecule is Cc1ccc(S(=O)(=O)N(C)CC(=O)NNC(=O)C(C)Oc2ccc(Cl)cc2Cl)cc1. The minimum atomic E-state index is -3.85. The van der Waals surface area contributed by atoms with E-state index in [0.717, 1.165) is 9.87 Å². The zero-order valence-electron chi connectivity index (χ0n) is 16.5. The minimum Gasteiger partial charge on any atom is -0.479 e. The first-order valence-electron chi connectivity index (χ1n) is 8.74. The summed E-state index contributed by atoms with van der Waals surface area (Å²) in [6.45, 7) is 2.80. The largest absolute Gasteiger partial charge is 0.479 e. The maximum Gasteiger partial charge on any atom is 0.279 e. The van der Waals surface area contributed by atoms with Crippen molar-refractivity contribution >= 4 is 45.0 Å². The first-order chi connectivity index (χ1) is 14.0. The molecule has 162 valence electrons. The molecule has 1 unspecified atom stereocenters. The molecule has 0 aliphatic heterocycles. The van der Waals surface area contributed by atoms with Gasteiger partial charge in [0.25, 0.3) is 11.8 Å². The topological polar surface area (TPSA) is 105 Å². The van der Waals surface area contributed by atoms with Crippen LogP contribution in [0.25, 0.3) is 0 Å². The Hall–Kier alpha value is -2.33. The zero-order chi connectivity index (χ0) is 22.5. The first kappa shape index (κ1) is 23.9. The Labute approximate surface area is 185 Å². The number of hydrogen-bond donors (Lipinski definition) is 2. The van der Waals surface area contributed by atoms with Gasteiger partial charge in [0.05, 0.1) is 16.5 Å². The minimum absolute atomic E-state index is 0.0642. The number of halogens is 2. The Bertz CT molecular complexity index is 1030. The number of rotatable bonds is 7. The third kappa shape index (κ3) is 6.33. The van der Waals surface area contributed by atoms with E-state index in [2.05, 4.69) is 10.9 Å². The van der Waals surface area contributed by atoms with Crippen LogP contribution in [0.2, 0.25) is 10.0 Å². The number of nitrogens with one attached hydrogen (secondary N) is 2. The van der Waals surface area contributed by atoms with E-state index in [1.807, 2.05) is 6.92 Å². The van der Waals surface area contributed by atoms with Crippen molar-refractivity contribution in [1.29, 1.82) is 0 Å². The molecule has 0 aromatic heterocycles. The summed E-state index contributed by atoms with van der Waals surface area (Å²) in [5.41, 5.74) is 5.25. The Balaban J connectivity index is 1.88. The molecule has 2 rings (SSSR count). The van der Waals surface area contributed by atoms with Gasteiger partial charge in [-0.05, 0) is 44.2 Å². The molecule has 1 atom stereocenters. The molecular formula is C19H21Cl2N3O5S. The van der Waals surface area contributed by atoms with Crippen LogP contribution in [-0.2, 0) is 19.6 Å². The fourth-order valence-corrected chi connectivity index (χ4v) is 3.84. The highest BCUT2D eigenvalue weighted by molar-refractivity contribution is 7.89. The molecule has 0 radical (unpaired) electrons. The van der Waals surface area contributed by atoms with Crippen LogP contribution in [0.3, 0.4) is 0 Å². The van der Waals surface area contributed by atoms with Gasteiger partial charge in [-0.3, -0.25) is 20.4 Å². The molecule has 0 spiro atoms. The summed E-state index contributed by atoms with van der Waals surface area (Å²) < 4.78 is 31.3. The van der Waals surface area contributed by atoms with Crippen molar-refractivity contribution in [3.63, 3.8) is 0 Å². The number of benzene rings is 2. The van der Waals surface area contributed by atoms with E-state index in [4.69, 9.17) is 27.9 Å². The molecule has 2 amide bonds. The lowest BCUT2D eigenvalue weighted by atomic mass is 10.2. The lowest BCUT2D eigenvalue weighted by molar-refractivity contribution is -0.132. The van der Waals surface area contributed by atoms with Gasteiger partial charge in [-0.15, -0.1) is 0 Å². The lowest BCUT2D eigenvalue weighted by Crippen LogP contribution is -2.50. The molecule has 0 aliphatic carbocycles. The maximum absolute atomic E-state index is 12.5. The summed E-state index contributed by atoms with van der Waals surface area (Å²) in [6.07, 6.45) is -0.988. The second-order valence-corrected chi connectivity index (χ2v) is 9.33. The molecule has 0 saturated carbocycles. The third-order valence-electron chi connectivity index (χ3n) is 3.99. The molecule has 11 heteroatoms. The van der Waals surface area contributed by atoms with Gasteiger partial charge in [0.2, 0.25) is 10.0 Å². The molecule has 0 heterocycles. The van der Waals surface area contributed by atoms with Crippen molar-refractivity contribution in [3.05, 3.63) is 58.1 Å². The number of nitrogens with zero attached hydrogens (tertiary/aromatic N) is 1. The highest BCUT2D eigenvalue weighted by Gasteiger charge is 2.23. The van der Waals surface area contributed by atoms with Crippen molar-refractivity contribution < 1.29 is 22.7 Å². The Morgan fingerprint density at radius 3 is 2.33 bits per heavy atom. The van der Waals surface area contributed by atoms with Gasteiger partial charge in [-0.2, -0.15) is 4.31 Å². The van der Waals surface area contributed by atoms with Gasteiger partial charge in [-0.1, -0.05) is 40.9 Å². The molecule has 0 fully saturated rings. The second kappa shape index (κ2) is 10.1. The summed E-state index contributed by atoms with van der Waals surface area (Å²) in [4.78, 5) is 24.2. The number of sulfonamides is 1. The van der Waals surface area contributed by atoms with Crippen LogP contribution in [0.4, 0.5) is 0 Å². The number of hydrazine groups is 1. The fourth-order valence-electron chi connectivity index (χ4n) is 2.26. The number of likely N-dealkylation sites (N-methyl/N-ethyl adjacent to an activating group) is 1. The third-order valence-corrected chi connectivity index (χ3v) is 6.34. The molecule has 30 heavy (non-hydrogen) atoms. The summed E-state index contributed by atoms with van der Waals surface area (Å²) in [5.74, 6) is -1.13. The molecular weight excluding hydrogens is 453 g/mol. The number of carbonyl (C=O) groups is 2. The fraction of sp³-hybridized carbons (Fsp3) is 0.263. The van der Waals surface area contributed by atoms with Crippen LogP contribution in [0.1, 0.15) is 12.5 Å². The predicted octanol–water partition coefficient (Wildman–Crippen LogP) is 2.54. The van der Waals surface area contributed by atoms with E-state index < -0.39 is 34.5 Å². The second-order valence-electron chi connectivity index (χ2n) is 6.45. The average Bonchev–Trinajstić information content (AvgIpc) is 2.68. The number of ether oxygens (including phenoxy) is 1. The highest BCUT2D eigenvalue weighted by atomic mass is 35.5. The van der Waals surface area contributed by atoms with Crippen LogP contribution in [0, 0.1) is 6.92 Å². The summed E-state index contributed by atoms with van der Waals surface area (Å²) in [6, 6.07) is 10.8. The van der Waals surface area contributed by atoms with Gasteiger partial charge in [-0.25, -0.2) is 8.42 Å². The smallest absolute Gasteiger partial charge is 0.279 e. The van der Waals surface area contributed by atoms with Crippen LogP contribution in [0.5, 0.6) is 5.75 Å². The van der Waals surface area contributed by atoms with E-state index in [9.17, 15) is 18.0 Å². The zero-order valence-corrected chi connectivity index (χ0v) is 18.8. The molecule has 0 saturated heterocycles. The van der Waals surface area contributed by atoms with Crippen LogP contribution in [0.15, 0.2) is 47.4 Å². The van der Waals surface area contributed by atoms with E-state index in [1.54, 1.807) is 18.2 Å². The van der Waals surface area contributed by atoms with Crippen LogP contribution >= 0.6 is 23.2 Å². The molecule has 2 N–H and O–H groups in total. The number of amides is 2.